The molecular formula is C9H12N2O2. The van der Waals surface area contributed by atoms with Crippen LogP contribution in [0.15, 0.2) is 16.5 Å². The Balaban J connectivity index is 2.01. The van der Waals surface area contributed by atoms with Gasteiger partial charge in [0, 0.05) is 13.1 Å². The van der Waals surface area contributed by atoms with Crippen LogP contribution in [-0.4, -0.2) is 24.0 Å². The molecule has 1 saturated heterocycles. The van der Waals surface area contributed by atoms with Crippen molar-refractivity contribution >= 4 is 6.03 Å². The van der Waals surface area contributed by atoms with Crippen LogP contribution in [0.4, 0.5) is 4.79 Å². The van der Waals surface area contributed by atoms with Crippen LogP contribution in [0.25, 0.3) is 0 Å². The SMILES string of the molecule is Cc1ccc(CN2CCNC2=O)o1. The fourth-order valence-electron chi connectivity index (χ4n) is 1.42. The Labute approximate surface area is 76.5 Å². The molecule has 4 heteroatoms. The third-order valence-electron chi connectivity index (χ3n) is 2.09. The van der Waals surface area contributed by atoms with Crippen molar-refractivity contribution < 1.29 is 9.21 Å². The van der Waals surface area contributed by atoms with Crippen LogP contribution < -0.4 is 5.32 Å². The van der Waals surface area contributed by atoms with Crippen molar-refractivity contribution in [3.63, 3.8) is 0 Å². The molecule has 0 aromatic carbocycles. The molecule has 2 amide bonds. The van der Waals surface area contributed by atoms with Gasteiger partial charge in [-0.2, -0.15) is 0 Å². The minimum absolute atomic E-state index is 0.00551. The van der Waals surface area contributed by atoms with E-state index in [1.54, 1.807) is 4.90 Å². The zero-order valence-corrected chi connectivity index (χ0v) is 7.54. The van der Waals surface area contributed by atoms with Gasteiger partial charge in [0.25, 0.3) is 0 Å². The summed E-state index contributed by atoms with van der Waals surface area (Å²) >= 11 is 0. The lowest BCUT2D eigenvalue weighted by Gasteiger charge is -2.11. The molecule has 0 saturated carbocycles. The molecule has 0 aliphatic carbocycles. The summed E-state index contributed by atoms with van der Waals surface area (Å²) in [6, 6.07) is 3.80. The maximum Gasteiger partial charge on any atom is 0.317 e. The summed E-state index contributed by atoms with van der Waals surface area (Å²) in [5.74, 6) is 1.73. The van der Waals surface area contributed by atoms with Gasteiger partial charge in [0.05, 0.1) is 6.54 Å². The quantitative estimate of drug-likeness (QED) is 0.741. The number of carbonyl (C=O) groups excluding carboxylic acids is 1. The monoisotopic (exact) mass is 180 g/mol. The summed E-state index contributed by atoms with van der Waals surface area (Å²) in [6.45, 7) is 3.96. The van der Waals surface area contributed by atoms with Gasteiger partial charge >= 0.3 is 6.03 Å². The molecule has 4 nitrogen and oxygen atoms in total. The van der Waals surface area contributed by atoms with Gasteiger partial charge in [-0.3, -0.25) is 0 Å². The van der Waals surface area contributed by atoms with Crippen LogP contribution in [0.5, 0.6) is 0 Å². The zero-order chi connectivity index (χ0) is 9.26. The van der Waals surface area contributed by atoms with Crippen molar-refractivity contribution in [2.24, 2.45) is 0 Å². The number of hydrogen-bond acceptors (Lipinski definition) is 2. The molecule has 1 aliphatic heterocycles. The standard InChI is InChI=1S/C9H12N2O2/c1-7-2-3-8(13-7)6-11-5-4-10-9(11)12/h2-3H,4-6H2,1H3,(H,10,12). The van der Waals surface area contributed by atoms with E-state index < -0.39 is 0 Å². The summed E-state index contributed by atoms with van der Waals surface area (Å²) in [7, 11) is 0. The zero-order valence-electron chi connectivity index (χ0n) is 7.54. The van der Waals surface area contributed by atoms with Gasteiger partial charge in [0.15, 0.2) is 0 Å². The minimum atomic E-state index is -0.00551. The average molecular weight is 180 g/mol. The molecule has 0 radical (unpaired) electrons. The van der Waals surface area contributed by atoms with E-state index in [0.29, 0.717) is 6.54 Å². The highest BCUT2D eigenvalue weighted by Gasteiger charge is 2.20. The first kappa shape index (κ1) is 8.16. The van der Waals surface area contributed by atoms with Gasteiger partial charge in [0.2, 0.25) is 0 Å². The highest BCUT2D eigenvalue weighted by Crippen LogP contribution is 2.10. The molecule has 1 aromatic rings. The first-order chi connectivity index (χ1) is 6.25. The van der Waals surface area contributed by atoms with Gasteiger partial charge < -0.3 is 14.6 Å². The predicted octanol–water partition coefficient (Wildman–Crippen LogP) is 1.11. The second kappa shape index (κ2) is 3.12. The Kier molecular flexibility index (Phi) is 1.96. The average Bonchev–Trinajstić information content (AvgIpc) is 2.64. The molecular weight excluding hydrogens is 168 g/mol. The Hall–Kier alpha value is -1.45. The number of nitrogens with one attached hydrogen (secondary N) is 1. The van der Waals surface area contributed by atoms with Crippen LogP contribution >= 0.6 is 0 Å². The summed E-state index contributed by atoms with van der Waals surface area (Å²) in [5.41, 5.74) is 0. The molecule has 1 fully saturated rings. The molecule has 2 heterocycles. The van der Waals surface area contributed by atoms with E-state index in [1.807, 2.05) is 19.1 Å². The molecule has 1 N–H and O–H groups in total. The molecule has 13 heavy (non-hydrogen) atoms. The van der Waals surface area contributed by atoms with E-state index in [0.717, 1.165) is 24.6 Å². The van der Waals surface area contributed by atoms with Crippen molar-refractivity contribution in [1.82, 2.24) is 10.2 Å². The lowest BCUT2D eigenvalue weighted by atomic mass is 10.4. The fourth-order valence-corrected chi connectivity index (χ4v) is 1.42. The molecule has 70 valence electrons. The summed E-state index contributed by atoms with van der Waals surface area (Å²) in [4.78, 5) is 12.9. The number of urea groups is 1. The van der Waals surface area contributed by atoms with Crippen molar-refractivity contribution in [2.75, 3.05) is 13.1 Å². The van der Waals surface area contributed by atoms with Crippen LogP contribution in [0, 0.1) is 6.92 Å². The number of aryl methyl sites for hydroxylation is 1. The first-order valence-electron chi connectivity index (χ1n) is 4.34. The summed E-state index contributed by atoms with van der Waals surface area (Å²) in [6.07, 6.45) is 0. The maximum atomic E-state index is 11.2. The molecule has 2 rings (SSSR count). The van der Waals surface area contributed by atoms with E-state index in [1.165, 1.54) is 0 Å². The van der Waals surface area contributed by atoms with Crippen molar-refractivity contribution in [2.45, 2.75) is 13.5 Å². The van der Waals surface area contributed by atoms with Crippen molar-refractivity contribution in [3.05, 3.63) is 23.7 Å². The minimum Gasteiger partial charge on any atom is -0.464 e. The normalized spacial score (nSPS) is 16.4. The van der Waals surface area contributed by atoms with Gasteiger partial charge in [-0.05, 0) is 19.1 Å². The lowest BCUT2D eigenvalue weighted by molar-refractivity contribution is 0.211. The van der Waals surface area contributed by atoms with Gasteiger partial charge in [-0.25, -0.2) is 4.79 Å². The predicted molar refractivity (Wildman–Crippen MR) is 47.3 cm³/mol. The molecule has 0 bridgehead atoms. The van der Waals surface area contributed by atoms with Gasteiger partial charge in [0.1, 0.15) is 11.5 Å². The fraction of sp³-hybridized carbons (Fsp3) is 0.444. The Bertz CT molecular complexity index is 319. The van der Waals surface area contributed by atoms with Crippen LogP contribution in [0.3, 0.4) is 0 Å². The Morgan fingerprint density at radius 2 is 2.46 bits per heavy atom. The number of hydrogen-bond donors (Lipinski definition) is 1. The topological polar surface area (TPSA) is 45.5 Å². The van der Waals surface area contributed by atoms with Crippen LogP contribution in [-0.2, 0) is 6.54 Å². The van der Waals surface area contributed by atoms with E-state index in [9.17, 15) is 4.79 Å². The highest BCUT2D eigenvalue weighted by molar-refractivity contribution is 5.76. The van der Waals surface area contributed by atoms with Crippen LogP contribution in [0.2, 0.25) is 0 Å². The molecule has 1 aliphatic rings. The van der Waals surface area contributed by atoms with Gasteiger partial charge in [-0.1, -0.05) is 0 Å². The number of amides is 2. The number of furan rings is 1. The lowest BCUT2D eigenvalue weighted by Crippen LogP contribution is -2.27. The van der Waals surface area contributed by atoms with Crippen molar-refractivity contribution in [1.29, 1.82) is 0 Å². The molecule has 0 unspecified atom stereocenters. The largest absolute Gasteiger partial charge is 0.464 e. The van der Waals surface area contributed by atoms with Crippen molar-refractivity contribution in [3.8, 4) is 0 Å². The smallest absolute Gasteiger partial charge is 0.317 e. The van der Waals surface area contributed by atoms with Gasteiger partial charge in [-0.15, -0.1) is 0 Å². The third-order valence-corrected chi connectivity index (χ3v) is 2.09. The van der Waals surface area contributed by atoms with E-state index in [-0.39, 0.29) is 6.03 Å². The maximum absolute atomic E-state index is 11.2. The molecule has 0 atom stereocenters. The molecule has 1 aromatic heterocycles. The highest BCUT2D eigenvalue weighted by atomic mass is 16.3. The van der Waals surface area contributed by atoms with E-state index in [2.05, 4.69) is 5.32 Å². The number of nitrogens with zero attached hydrogens (tertiary/aromatic N) is 1. The van der Waals surface area contributed by atoms with E-state index >= 15 is 0 Å². The molecule has 0 spiro atoms. The Morgan fingerprint density at radius 1 is 1.62 bits per heavy atom. The second-order valence-corrected chi connectivity index (χ2v) is 3.17. The third kappa shape index (κ3) is 1.66. The Morgan fingerprint density at radius 3 is 3.00 bits per heavy atom. The van der Waals surface area contributed by atoms with E-state index in [4.69, 9.17) is 4.42 Å². The first-order valence-corrected chi connectivity index (χ1v) is 4.34. The summed E-state index contributed by atoms with van der Waals surface area (Å²) in [5, 5.41) is 2.74. The number of rotatable bonds is 2. The number of carbonyl (C=O) groups is 1. The second-order valence-electron chi connectivity index (χ2n) is 3.17. The van der Waals surface area contributed by atoms with Crippen LogP contribution in [0.1, 0.15) is 11.5 Å². The summed E-state index contributed by atoms with van der Waals surface area (Å²) < 4.78 is 5.37.